The van der Waals surface area contributed by atoms with Crippen LogP contribution in [0.25, 0.3) is 0 Å². The number of hydrogen-bond acceptors (Lipinski definition) is 3. The maximum Gasteiger partial charge on any atom is 0.213 e. The molecule has 1 saturated heterocycles. The van der Waals surface area contributed by atoms with Gasteiger partial charge in [0.1, 0.15) is 0 Å². The molecule has 1 atom stereocenters. The Morgan fingerprint density at radius 2 is 2.46 bits per heavy atom. The number of halogens is 1. The number of ether oxygens (including phenoxy) is 1. The molecule has 0 spiro atoms. The number of nitrogens with zero attached hydrogens (tertiary/aromatic N) is 1. The second kappa shape index (κ2) is 3.81. The summed E-state index contributed by atoms with van der Waals surface area (Å²) in [4.78, 5) is 3.79. The van der Waals surface area contributed by atoms with Gasteiger partial charge in [0.25, 0.3) is 0 Å². The lowest BCUT2D eigenvalue weighted by Gasteiger charge is -2.23. The molecule has 0 bridgehead atoms. The lowest BCUT2D eigenvalue weighted by Crippen LogP contribution is -2.35. The molecule has 0 amide bonds. The van der Waals surface area contributed by atoms with Gasteiger partial charge in [-0.3, -0.25) is 0 Å². The van der Waals surface area contributed by atoms with Gasteiger partial charge in [0, 0.05) is 6.54 Å². The quantitative estimate of drug-likeness (QED) is 0.655. The first-order chi connectivity index (χ1) is 6.36. The number of morpholine rings is 1. The molecular weight excluding hydrogens is 171 g/mol. The lowest BCUT2D eigenvalue weighted by atomic mass is 10.2. The van der Waals surface area contributed by atoms with Crippen LogP contribution >= 0.6 is 0 Å². The summed E-state index contributed by atoms with van der Waals surface area (Å²) in [6, 6.07) is 4.83. The summed E-state index contributed by atoms with van der Waals surface area (Å²) in [5, 5.41) is 3.21. The monoisotopic (exact) mass is 182 g/mol. The zero-order valence-corrected chi connectivity index (χ0v) is 7.16. The average molecular weight is 182 g/mol. The smallest absolute Gasteiger partial charge is 0.213 e. The van der Waals surface area contributed by atoms with E-state index >= 15 is 0 Å². The molecule has 1 N–H and O–H groups in total. The predicted molar refractivity (Wildman–Crippen MR) is 45.8 cm³/mol. The van der Waals surface area contributed by atoms with Gasteiger partial charge in [-0.05, 0) is 12.1 Å². The highest BCUT2D eigenvalue weighted by atomic mass is 19.1. The van der Waals surface area contributed by atoms with Crippen molar-refractivity contribution in [2.75, 3.05) is 19.8 Å². The van der Waals surface area contributed by atoms with Crippen LogP contribution in [0.1, 0.15) is 11.7 Å². The summed E-state index contributed by atoms with van der Waals surface area (Å²) < 4.78 is 18.0. The van der Waals surface area contributed by atoms with Crippen molar-refractivity contribution in [3.8, 4) is 0 Å². The number of pyridine rings is 1. The van der Waals surface area contributed by atoms with E-state index in [2.05, 4.69) is 10.3 Å². The second-order valence-corrected chi connectivity index (χ2v) is 2.97. The van der Waals surface area contributed by atoms with E-state index in [1.54, 1.807) is 12.1 Å². The molecule has 0 radical (unpaired) electrons. The average Bonchev–Trinajstić information content (AvgIpc) is 2.19. The maximum absolute atomic E-state index is 12.7. The van der Waals surface area contributed by atoms with Gasteiger partial charge in [-0.1, -0.05) is 6.07 Å². The van der Waals surface area contributed by atoms with Gasteiger partial charge in [0.05, 0.1) is 24.9 Å². The van der Waals surface area contributed by atoms with E-state index in [9.17, 15) is 4.39 Å². The van der Waals surface area contributed by atoms with Gasteiger partial charge in [-0.15, -0.1) is 0 Å². The highest BCUT2D eigenvalue weighted by molar-refractivity contribution is 5.10. The molecule has 0 aliphatic carbocycles. The first kappa shape index (κ1) is 8.59. The molecule has 0 unspecified atom stereocenters. The van der Waals surface area contributed by atoms with Crippen LogP contribution in [0.3, 0.4) is 0 Å². The van der Waals surface area contributed by atoms with Crippen molar-refractivity contribution in [2.24, 2.45) is 0 Å². The summed E-state index contributed by atoms with van der Waals surface area (Å²) in [6.07, 6.45) is 0. The van der Waals surface area contributed by atoms with E-state index in [1.165, 1.54) is 6.07 Å². The standard InChI is InChI=1S/C9H11FN2O/c10-9-3-1-2-7(12-9)8-6-13-5-4-11-8/h1-3,8,11H,4-6H2/t8-/m0/s1. The topological polar surface area (TPSA) is 34.1 Å². The number of aromatic nitrogens is 1. The molecule has 2 rings (SSSR count). The molecule has 0 aromatic carbocycles. The summed E-state index contributed by atoms with van der Waals surface area (Å²) in [6.45, 7) is 2.07. The summed E-state index contributed by atoms with van der Waals surface area (Å²) in [7, 11) is 0. The van der Waals surface area contributed by atoms with Crippen LogP contribution in [0.2, 0.25) is 0 Å². The van der Waals surface area contributed by atoms with Crippen LogP contribution in [0.4, 0.5) is 4.39 Å². The molecule has 2 heterocycles. The Morgan fingerprint density at radius 3 is 3.15 bits per heavy atom. The van der Waals surface area contributed by atoms with Gasteiger partial charge in [-0.2, -0.15) is 4.39 Å². The minimum Gasteiger partial charge on any atom is -0.378 e. The minimum absolute atomic E-state index is 0.0319. The zero-order chi connectivity index (χ0) is 9.10. The molecule has 3 nitrogen and oxygen atoms in total. The van der Waals surface area contributed by atoms with Crippen molar-refractivity contribution in [1.29, 1.82) is 0 Å². The molecule has 1 aliphatic rings. The van der Waals surface area contributed by atoms with Crippen LogP contribution < -0.4 is 5.32 Å². The van der Waals surface area contributed by atoms with E-state index in [0.717, 1.165) is 6.54 Å². The Morgan fingerprint density at radius 1 is 1.54 bits per heavy atom. The first-order valence-electron chi connectivity index (χ1n) is 4.30. The van der Waals surface area contributed by atoms with Crippen LogP contribution in [-0.2, 0) is 4.74 Å². The Labute approximate surface area is 75.9 Å². The fourth-order valence-electron chi connectivity index (χ4n) is 1.37. The molecule has 0 saturated carbocycles. The molecular formula is C9H11FN2O. The van der Waals surface area contributed by atoms with Crippen molar-refractivity contribution in [1.82, 2.24) is 10.3 Å². The number of nitrogens with one attached hydrogen (secondary N) is 1. The van der Waals surface area contributed by atoms with E-state index < -0.39 is 5.95 Å². The van der Waals surface area contributed by atoms with E-state index in [0.29, 0.717) is 18.9 Å². The molecule has 70 valence electrons. The Bertz CT molecular complexity index is 287. The third-order valence-electron chi connectivity index (χ3n) is 2.02. The Hall–Kier alpha value is -1.00. The SMILES string of the molecule is Fc1cccc([C@@H]2COCCN2)n1. The predicted octanol–water partition coefficient (Wildman–Crippen LogP) is 0.882. The van der Waals surface area contributed by atoms with E-state index in [4.69, 9.17) is 4.74 Å². The Kier molecular flexibility index (Phi) is 2.52. The van der Waals surface area contributed by atoms with E-state index in [1.807, 2.05) is 0 Å². The minimum atomic E-state index is -0.440. The van der Waals surface area contributed by atoms with Gasteiger partial charge in [-0.25, -0.2) is 4.98 Å². The van der Waals surface area contributed by atoms with Gasteiger partial charge in [0.15, 0.2) is 0 Å². The highest BCUT2D eigenvalue weighted by Gasteiger charge is 2.16. The molecule has 4 heteroatoms. The normalized spacial score (nSPS) is 23.0. The second-order valence-electron chi connectivity index (χ2n) is 2.97. The molecule has 1 fully saturated rings. The molecule has 1 aromatic rings. The third kappa shape index (κ3) is 2.02. The highest BCUT2D eigenvalue weighted by Crippen LogP contribution is 2.12. The first-order valence-corrected chi connectivity index (χ1v) is 4.30. The van der Waals surface area contributed by atoms with Crippen molar-refractivity contribution in [3.63, 3.8) is 0 Å². The molecule has 1 aromatic heterocycles. The molecule has 1 aliphatic heterocycles. The van der Waals surface area contributed by atoms with Crippen molar-refractivity contribution >= 4 is 0 Å². The maximum atomic E-state index is 12.7. The van der Waals surface area contributed by atoms with Gasteiger partial charge in [0.2, 0.25) is 5.95 Å². The summed E-state index contributed by atoms with van der Waals surface area (Å²) in [5.74, 6) is -0.440. The van der Waals surface area contributed by atoms with Crippen LogP contribution in [0, 0.1) is 5.95 Å². The largest absolute Gasteiger partial charge is 0.378 e. The van der Waals surface area contributed by atoms with Crippen LogP contribution in [-0.4, -0.2) is 24.7 Å². The Balaban J connectivity index is 2.14. The van der Waals surface area contributed by atoms with Crippen molar-refractivity contribution in [2.45, 2.75) is 6.04 Å². The summed E-state index contributed by atoms with van der Waals surface area (Å²) in [5.41, 5.74) is 0.708. The summed E-state index contributed by atoms with van der Waals surface area (Å²) >= 11 is 0. The lowest BCUT2D eigenvalue weighted by molar-refractivity contribution is 0.0754. The fraction of sp³-hybridized carbons (Fsp3) is 0.444. The van der Waals surface area contributed by atoms with Crippen LogP contribution in [0.5, 0.6) is 0 Å². The van der Waals surface area contributed by atoms with E-state index in [-0.39, 0.29) is 6.04 Å². The molecule has 13 heavy (non-hydrogen) atoms. The number of rotatable bonds is 1. The number of hydrogen-bond donors (Lipinski definition) is 1. The zero-order valence-electron chi connectivity index (χ0n) is 7.16. The fourth-order valence-corrected chi connectivity index (χ4v) is 1.37. The van der Waals surface area contributed by atoms with Gasteiger partial charge >= 0.3 is 0 Å². The van der Waals surface area contributed by atoms with Crippen molar-refractivity contribution < 1.29 is 9.13 Å². The third-order valence-corrected chi connectivity index (χ3v) is 2.02. The van der Waals surface area contributed by atoms with Crippen LogP contribution in [0.15, 0.2) is 18.2 Å². The van der Waals surface area contributed by atoms with Crippen molar-refractivity contribution in [3.05, 3.63) is 29.8 Å². The van der Waals surface area contributed by atoms with Gasteiger partial charge < -0.3 is 10.1 Å².